The highest BCUT2D eigenvalue weighted by Gasteiger charge is 2.19. The standard InChI is InChI=1S/C16H23N3O6/c1-4-11(2)18-15(20)10-25-16(21)12-5-6-13(17-7-8-24-3)14(9-12)19(22)23/h5-6,9,11,17H,4,7-8,10H2,1-3H3,(H,18,20)/t11-/m0/s1. The Kier molecular flexibility index (Phi) is 8.34. The van der Waals surface area contributed by atoms with Crippen molar-refractivity contribution in [3.8, 4) is 0 Å². The van der Waals surface area contributed by atoms with E-state index in [1.165, 1.54) is 19.2 Å². The molecule has 9 heteroatoms. The van der Waals surface area contributed by atoms with Crippen LogP contribution in [-0.4, -0.2) is 49.7 Å². The molecular weight excluding hydrogens is 330 g/mol. The molecule has 0 aliphatic carbocycles. The van der Waals surface area contributed by atoms with Gasteiger partial charge in [-0.3, -0.25) is 14.9 Å². The summed E-state index contributed by atoms with van der Waals surface area (Å²) in [4.78, 5) is 34.2. The summed E-state index contributed by atoms with van der Waals surface area (Å²) < 4.78 is 9.77. The number of ether oxygens (including phenoxy) is 2. The van der Waals surface area contributed by atoms with Gasteiger partial charge in [0.25, 0.3) is 11.6 Å². The van der Waals surface area contributed by atoms with E-state index in [1.807, 2.05) is 13.8 Å². The Bertz CT molecular complexity index is 620. The first kappa shape index (κ1) is 20.4. The number of hydrogen-bond donors (Lipinski definition) is 2. The van der Waals surface area contributed by atoms with Gasteiger partial charge in [0.2, 0.25) is 0 Å². The Morgan fingerprint density at radius 1 is 1.36 bits per heavy atom. The highest BCUT2D eigenvalue weighted by atomic mass is 16.6. The number of rotatable bonds is 10. The maximum atomic E-state index is 12.0. The predicted octanol–water partition coefficient (Wildman–Crippen LogP) is 1.72. The summed E-state index contributed by atoms with van der Waals surface area (Å²) in [6, 6.07) is 3.91. The van der Waals surface area contributed by atoms with Crippen LogP contribution in [0.5, 0.6) is 0 Å². The van der Waals surface area contributed by atoms with Crippen molar-refractivity contribution in [2.75, 3.05) is 32.2 Å². The zero-order valence-electron chi connectivity index (χ0n) is 14.5. The molecule has 1 amide bonds. The predicted molar refractivity (Wildman–Crippen MR) is 91.6 cm³/mol. The summed E-state index contributed by atoms with van der Waals surface area (Å²) in [5.41, 5.74) is 0.0167. The molecule has 0 radical (unpaired) electrons. The molecule has 1 rings (SSSR count). The largest absolute Gasteiger partial charge is 0.452 e. The van der Waals surface area contributed by atoms with Gasteiger partial charge in [0.15, 0.2) is 6.61 Å². The summed E-state index contributed by atoms with van der Waals surface area (Å²) in [6.07, 6.45) is 0.753. The average Bonchev–Trinajstić information content (AvgIpc) is 2.59. The highest BCUT2D eigenvalue weighted by Crippen LogP contribution is 2.25. The minimum absolute atomic E-state index is 0.000307. The molecule has 0 heterocycles. The van der Waals surface area contributed by atoms with E-state index in [-0.39, 0.29) is 23.0 Å². The van der Waals surface area contributed by atoms with Crippen molar-refractivity contribution in [2.24, 2.45) is 0 Å². The van der Waals surface area contributed by atoms with Gasteiger partial charge in [-0.1, -0.05) is 6.92 Å². The van der Waals surface area contributed by atoms with Gasteiger partial charge < -0.3 is 20.1 Å². The van der Waals surface area contributed by atoms with Crippen molar-refractivity contribution in [3.05, 3.63) is 33.9 Å². The number of nitro groups is 1. The van der Waals surface area contributed by atoms with Crippen molar-refractivity contribution in [2.45, 2.75) is 26.3 Å². The average molecular weight is 353 g/mol. The number of nitrogens with zero attached hydrogens (tertiary/aromatic N) is 1. The number of amides is 1. The summed E-state index contributed by atoms with van der Waals surface area (Å²) in [5, 5.41) is 16.7. The van der Waals surface area contributed by atoms with Crippen LogP contribution in [0, 0.1) is 10.1 Å². The van der Waals surface area contributed by atoms with Gasteiger partial charge in [-0.2, -0.15) is 0 Å². The van der Waals surface area contributed by atoms with Crippen LogP contribution in [0.3, 0.4) is 0 Å². The molecule has 0 unspecified atom stereocenters. The fourth-order valence-electron chi connectivity index (χ4n) is 1.88. The second-order valence-corrected chi connectivity index (χ2v) is 5.36. The van der Waals surface area contributed by atoms with E-state index in [9.17, 15) is 19.7 Å². The monoisotopic (exact) mass is 353 g/mol. The molecule has 0 aliphatic rings. The maximum Gasteiger partial charge on any atom is 0.338 e. The number of carbonyl (C=O) groups is 2. The third-order valence-electron chi connectivity index (χ3n) is 3.41. The molecule has 138 valence electrons. The van der Waals surface area contributed by atoms with Crippen LogP contribution in [0.15, 0.2) is 18.2 Å². The lowest BCUT2D eigenvalue weighted by Gasteiger charge is -2.12. The summed E-state index contributed by atoms with van der Waals surface area (Å²) in [5.74, 6) is -1.22. The van der Waals surface area contributed by atoms with Gasteiger partial charge >= 0.3 is 5.97 Å². The van der Waals surface area contributed by atoms with Crippen LogP contribution in [0.25, 0.3) is 0 Å². The van der Waals surface area contributed by atoms with Crippen molar-refractivity contribution in [1.29, 1.82) is 0 Å². The van der Waals surface area contributed by atoms with E-state index in [1.54, 1.807) is 0 Å². The first-order chi connectivity index (χ1) is 11.9. The molecule has 0 saturated carbocycles. The van der Waals surface area contributed by atoms with Crippen LogP contribution < -0.4 is 10.6 Å². The molecule has 0 aromatic heterocycles. The molecule has 1 aromatic carbocycles. The number of methoxy groups -OCH3 is 1. The fourth-order valence-corrected chi connectivity index (χ4v) is 1.88. The lowest BCUT2D eigenvalue weighted by atomic mass is 10.1. The topological polar surface area (TPSA) is 120 Å². The number of nitrogens with one attached hydrogen (secondary N) is 2. The Morgan fingerprint density at radius 3 is 2.68 bits per heavy atom. The molecule has 0 fully saturated rings. The Morgan fingerprint density at radius 2 is 2.08 bits per heavy atom. The van der Waals surface area contributed by atoms with Crippen LogP contribution >= 0.6 is 0 Å². The zero-order valence-corrected chi connectivity index (χ0v) is 14.5. The molecule has 1 atom stereocenters. The second kappa shape index (κ2) is 10.2. The van der Waals surface area contributed by atoms with Gasteiger partial charge in [-0.15, -0.1) is 0 Å². The SMILES string of the molecule is CC[C@H](C)NC(=O)COC(=O)c1ccc(NCCOC)c([N+](=O)[O-])c1. The summed E-state index contributed by atoms with van der Waals surface area (Å²) in [6.45, 7) is 4.07. The van der Waals surface area contributed by atoms with E-state index < -0.39 is 23.4 Å². The Balaban J connectivity index is 2.74. The Hall–Kier alpha value is -2.68. The van der Waals surface area contributed by atoms with E-state index in [0.717, 1.165) is 12.5 Å². The smallest absolute Gasteiger partial charge is 0.338 e. The highest BCUT2D eigenvalue weighted by molar-refractivity contribution is 5.93. The van der Waals surface area contributed by atoms with Crippen molar-refractivity contribution in [1.82, 2.24) is 5.32 Å². The third-order valence-corrected chi connectivity index (χ3v) is 3.41. The van der Waals surface area contributed by atoms with Gasteiger partial charge in [0.1, 0.15) is 5.69 Å². The van der Waals surface area contributed by atoms with Crippen LogP contribution in [-0.2, 0) is 14.3 Å². The third kappa shape index (κ3) is 6.76. The van der Waals surface area contributed by atoms with Crippen LogP contribution in [0.2, 0.25) is 0 Å². The summed E-state index contributed by atoms with van der Waals surface area (Å²) >= 11 is 0. The molecule has 1 aromatic rings. The fraction of sp³-hybridized carbons (Fsp3) is 0.500. The minimum Gasteiger partial charge on any atom is -0.452 e. The molecule has 2 N–H and O–H groups in total. The molecule has 25 heavy (non-hydrogen) atoms. The lowest BCUT2D eigenvalue weighted by molar-refractivity contribution is -0.384. The van der Waals surface area contributed by atoms with E-state index in [2.05, 4.69) is 10.6 Å². The minimum atomic E-state index is -0.800. The second-order valence-electron chi connectivity index (χ2n) is 5.36. The molecular formula is C16H23N3O6. The molecule has 0 spiro atoms. The van der Waals surface area contributed by atoms with Gasteiger partial charge in [0, 0.05) is 25.8 Å². The first-order valence-electron chi connectivity index (χ1n) is 7.86. The van der Waals surface area contributed by atoms with Crippen LogP contribution in [0.1, 0.15) is 30.6 Å². The number of hydrogen-bond acceptors (Lipinski definition) is 7. The number of benzene rings is 1. The van der Waals surface area contributed by atoms with E-state index >= 15 is 0 Å². The number of anilines is 1. The summed E-state index contributed by atoms with van der Waals surface area (Å²) in [7, 11) is 1.52. The van der Waals surface area contributed by atoms with Crippen molar-refractivity contribution >= 4 is 23.3 Å². The van der Waals surface area contributed by atoms with Crippen LogP contribution in [0.4, 0.5) is 11.4 Å². The molecule has 0 bridgehead atoms. The van der Waals surface area contributed by atoms with Crippen molar-refractivity contribution in [3.63, 3.8) is 0 Å². The van der Waals surface area contributed by atoms with Crippen molar-refractivity contribution < 1.29 is 24.0 Å². The number of carbonyl (C=O) groups excluding carboxylic acids is 2. The van der Waals surface area contributed by atoms with E-state index in [0.29, 0.717) is 13.2 Å². The zero-order chi connectivity index (χ0) is 18.8. The lowest BCUT2D eigenvalue weighted by Crippen LogP contribution is -2.35. The number of esters is 1. The number of nitro benzene ring substituents is 1. The normalized spacial score (nSPS) is 11.5. The van der Waals surface area contributed by atoms with Gasteiger partial charge in [-0.05, 0) is 25.5 Å². The Labute approximate surface area is 145 Å². The molecule has 0 saturated heterocycles. The quantitative estimate of drug-likeness (QED) is 0.284. The maximum absolute atomic E-state index is 12.0. The molecule has 0 aliphatic heterocycles. The van der Waals surface area contributed by atoms with E-state index in [4.69, 9.17) is 9.47 Å². The van der Waals surface area contributed by atoms with Gasteiger partial charge in [-0.25, -0.2) is 4.79 Å². The van der Waals surface area contributed by atoms with Gasteiger partial charge in [0.05, 0.1) is 17.1 Å². The molecule has 9 nitrogen and oxygen atoms in total. The first-order valence-corrected chi connectivity index (χ1v) is 7.86.